The minimum absolute atomic E-state index is 0.109. The first kappa shape index (κ1) is 14.6. The van der Waals surface area contributed by atoms with Gasteiger partial charge in [-0.05, 0) is 19.4 Å². The molecule has 0 N–H and O–H groups in total. The van der Waals surface area contributed by atoms with Crippen LogP contribution in [0.2, 0.25) is 0 Å². The molecule has 0 bridgehead atoms. The van der Waals surface area contributed by atoms with Gasteiger partial charge in [-0.3, -0.25) is 0 Å². The second kappa shape index (κ2) is 6.20. The van der Waals surface area contributed by atoms with E-state index in [9.17, 15) is 5.26 Å². The lowest BCUT2D eigenvalue weighted by Crippen LogP contribution is -2.45. The fourth-order valence-electron chi connectivity index (χ4n) is 2.83. The SMILES string of the molecule is CC1CN(c2oc(Cc3ccccc3)nc2C#N)CC(C)O1. The molecule has 0 amide bonds. The average molecular weight is 297 g/mol. The van der Waals surface area contributed by atoms with Crippen molar-refractivity contribution >= 4 is 5.88 Å². The largest absolute Gasteiger partial charge is 0.423 e. The van der Waals surface area contributed by atoms with Crippen LogP contribution >= 0.6 is 0 Å². The van der Waals surface area contributed by atoms with Crippen LogP contribution in [-0.4, -0.2) is 30.3 Å². The minimum atomic E-state index is 0.109. The maximum absolute atomic E-state index is 9.33. The molecule has 1 fully saturated rings. The van der Waals surface area contributed by atoms with Crippen LogP contribution in [0.4, 0.5) is 5.88 Å². The summed E-state index contributed by atoms with van der Waals surface area (Å²) in [4.78, 5) is 6.39. The van der Waals surface area contributed by atoms with Crippen molar-refractivity contribution in [1.82, 2.24) is 4.98 Å². The molecule has 2 heterocycles. The van der Waals surface area contributed by atoms with E-state index < -0.39 is 0 Å². The summed E-state index contributed by atoms with van der Waals surface area (Å²) in [5, 5.41) is 9.33. The number of nitrogens with zero attached hydrogens (tertiary/aromatic N) is 3. The van der Waals surface area contributed by atoms with E-state index >= 15 is 0 Å². The summed E-state index contributed by atoms with van der Waals surface area (Å²) in [6.07, 6.45) is 0.807. The van der Waals surface area contributed by atoms with E-state index in [2.05, 4.69) is 16.0 Å². The molecule has 0 saturated carbocycles. The standard InChI is InChI=1S/C17H19N3O2/c1-12-10-20(11-13(2)21-12)17-15(9-18)19-16(22-17)8-14-6-4-3-5-7-14/h3-7,12-13H,8,10-11H2,1-2H3. The number of hydrogen-bond donors (Lipinski definition) is 0. The maximum Gasteiger partial charge on any atom is 0.234 e. The van der Waals surface area contributed by atoms with Crippen LogP contribution in [0.3, 0.4) is 0 Å². The van der Waals surface area contributed by atoms with E-state index in [1.807, 2.05) is 44.2 Å². The maximum atomic E-state index is 9.33. The van der Waals surface area contributed by atoms with Gasteiger partial charge in [-0.1, -0.05) is 30.3 Å². The van der Waals surface area contributed by atoms with E-state index in [0.717, 1.165) is 5.56 Å². The second-order valence-corrected chi connectivity index (χ2v) is 5.70. The van der Waals surface area contributed by atoms with E-state index in [-0.39, 0.29) is 12.2 Å². The fourth-order valence-corrected chi connectivity index (χ4v) is 2.83. The lowest BCUT2D eigenvalue weighted by molar-refractivity contribution is -0.00646. The Balaban J connectivity index is 1.84. The molecule has 5 heteroatoms. The van der Waals surface area contributed by atoms with Crippen LogP contribution in [0.1, 0.15) is 31.0 Å². The van der Waals surface area contributed by atoms with Crippen molar-refractivity contribution in [3.63, 3.8) is 0 Å². The van der Waals surface area contributed by atoms with Crippen molar-refractivity contribution in [2.75, 3.05) is 18.0 Å². The summed E-state index contributed by atoms with van der Waals surface area (Å²) in [5.74, 6) is 1.14. The number of hydrogen-bond acceptors (Lipinski definition) is 5. The van der Waals surface area contributed by atoms with Gasteiger partial charge in [-0.15, -0.1) is 0 Å². The number of oxazole rings is 1. The molecule has 1 aromatic carbocycles. The van der Waals surface area contributed by atoms with Crippen LogP contribution in [-0.2, 0) is 11.2 Å². The van der Waals surface area contributed by atoms with E-state index in [1.165, 1.54) is 0 Å². The van der Waals surface area contributed by atoms with Crippen molar-refractivity contribution in [3.05, 3.63) is 47.5 Å². The third-order valence-corrected chi connectivity index (χ3v) is 3.66. The second-order valence-electron chi connectivity index (χ2n) is 5.70. The Morgan fingerprint density at radius 2 is 1.91 bits per heavy atom. The number of morpholine rings is 1. The Kier molecular flexibility index (Phi) is 4.12. The summed E-state index contributed by atoms with van der Waals surface area (Å²) in [7, 11) is 0. The van der Waals surface area contributed by atoms with Gasteiger partial charge in [0, 0.05) is 19.5 Å². The van der Waals surface area contributed by atoms with E-state index in [1.54, 1.807) is 0 Å². The molecule has 3 rings (SSSR count). The van der Waals surface area contributed by atoms with Crippen LogP contribution in [0.25, 0.3) is 0 Å². The van der Waals surface area contributed by atoms with Gasteiger partial charge in [-0.2, -0.15) is 5.26 Å². The molecule has 114 valence electrons. The number of benzene rings is 1. The first-order valence-corrected chi connectivity index (χ1v) is 7.50. The smallest absolute Gasteiger partial charge is 0.234 e. The quantitative estimate of drug-likeness (QED) is 0.871. The Morgan fingerprint density at radius 1 is 1.23 bits per heavy atom. The Hall–Kier alpha value is -2.32. The molecule has 1 aliphatic heterocycles. The summed E-state index contributed by atoms with van der Waals surface area (Å²) in [6.45, 7) is 5.46. The van der Waals surface area contributed by atoms with Crippen LogP contribution in [0.5, 0.6) is 0 Å². The highest BCUT2D eigenvalue weighted by Crippen LogP contribution is 2.26. The molecular formula is C17H19N3O2. The van der Waals surface area contributed by atoms with Crippen LogP contribution in [0.15, 0.2) is 34.7 Å². The highest BCUT2D eigenvalue weighted by atomic mass is 16.5. The van der Waals surface area contributed by atoms with Gasteiger partial charge in [0.05, 0.1) is 12.2 Å². The molecule has 1 aliphatic rings. The zero-order valence-corrected chi connectivity index (χ0v) is 12.8. The average Bonchev–Trinajstić information content (AvgIpc) is 2.90. The third-order valence-electron chi connectivity index (χ3n) is 3.66. The molecule has 1 saturated heterocycles. The lowest BCUT2D eigenvalue weighted by atomic mass is 10.1. The zero-order valence-electron chi connectivity index (χ0n) is 12.8. The monoisotopic (exact) mass is 297 g/mol. The summed E-state index contributed by atoms with van der Waals surface area (Å²) in [6, 6.07) is 12.1. The number of rotatable bonds is 3. The third kappa shape index (κ3) is 3.12. The predicted octanol–water partition coefficient (Wildman–Crippen LogP) is 2.75. The highest BCUT2D eigenvalue weighted by molar-refractivity contribution is 5.48. The molecule has 22 heavy (non-hydrogen) atoms. The topological polar surface area (TPSA) is 62.3 Å². The summed E-state index contributed by atoms with van der Waals surface area (Å²) in [5.41, 5.74) is 1.47. The first-order valence-electron chi connectivity index (χ1n) is 7.50. The van der Waals surface area contributed by atoms with Crippen molar-refractivity contribution in [3.8, 4) is 6.07 Å². The van der Waals surface area contributed by atoms with E-state index in [0.29, 0.717) is 37.0 Å². The molecule has 2 atom stereocenters. The molecule has 1 aromatic heterocycles. The van der Waals surface area contributed by atoms with Crippen molar-refractivity contribution in [2.45, 2.75) is 32.5 Å². The van der Waals surface area contributed by atoms with Crippen molar-refractivity contribution in [1.29, 1.82) is 5.26 Å². The minimum Gasteiger partial charge on any atom is -0.423 e. The Bertz CT molecular complexity index is 665. The highest BCUT2D eigenvalue weighted by Gasteiger charge is 2.27. The van der Waals surface area contributed by atoms with Gasteiger partial charge in [-0.25, -0.2) is 4.98 Å². The van der Waals surface area contributed by atoms with Gasteiger partial charge >= 0.3 is 0 Å². The Morgan fingerprint density at radius 3 is 2.55 bits per heavy atom. The molecule has 2 unspecified atom stereocenters. The predicted molar refractivity (Wildman–Crippen MR) is 82.7 cm³/mol. The number of ether oxygens (including phenoxy) is 1. The van der Waals surface area contributed by atoms with Crippen molar-refractivity contribution in [2.24, 2.45) is 0 Å². The normalized spacial score (nSPS) is 21.6. The Labute approximate surface area is 130 Å². The van der Waals surface area contributed by atoms with E-state index in [4.69, 9.17) is 9.15 Å². The van der Waals surface area contributed by atoms with Crippen LogP contribution < -0.4 is 4.90 Å². The zero-order chi connectivity index (χ0) is 15.5. The first-order chi connectivity index (χ1) is 10.7. The number of aromatic nitrogens is 1. The van der Waals surface area contributed by atoms with Crippen LogP contribution in [0, 0.1) is 11.3 Å². The lowest BCUT2D eigenvalue weighted by Gasteiger charge is -2.34. The molecule has 0 spiro atoms. The summed E-state index contributed by atoms with van der Waals surface area (Å²) >= 11 is 0. The number of nitriles is 1. The molecule has 2 aromatic rings. The fraction of sp³-hybridized carbons (Fsp3) is 0.412. The van der Waals surface area contributed by atoms with Gasteiger partial charge in [0.2, 0.25) is 17.5 Å². The van der Waals surface area contributed by atoms with Gasteiger partial charge in [0.1, 0.15) is 6.07 Å². The summed E-state index contributed by atoms with van der Waals surface area (Å²) < 4.78 is 11.6. The van der Waals surface area contributed by atoms with Gasteiger partial charge < -0.3 is 14.1 Å². The van der Waals surface area contributed by atoms with Gasteiger partial charge in [0.25, 0.3) is 0 Å². The number of anilines is 1. The molecule has 0 aliphatic carbocycles. The molecule has 5 nitrogen and oxygen atoms in total. The molecular weight excluding hydrogens is 278 g/mol. The molecule has 0 radical (unpaired) electrons. The van der Waals surface area contributed by atoms with Crippen molar-refractivity contribution < 1.29 is 9.15 Å². The van der Waals surface area contributed by atoms with Gasteiger partial charge in [0.15, 0.2) is 0 Å².